The Labute approximate surface area is 141 Å². The molecule has 1 aromatic carbocycles. The smallest absolute Gasteiger partial charge is 0.126 e. The summed E-state index contributed by atoms with van der Waals surface area (Å²) in [5.41, 5.74) is 0. The summed E-state index contributed by atoms with van der Waals surface area (Å²) in [6.07, 6.45) is 1.13. The quantitative estimate of drug-likeness (QED) is 0.861. The summed E-state index contributed by atoms with van der Waals surface area (Å²) in [7, 11) is 0. The average Bonchev–Trinajstić information content (AvgIpc) is 3.12. The standard InChI is InChI=1S/C19H23FN2O2/c1-14-5-6-18(23-14)12-21-7-8-22-13-19(10-16(22)11-21)24-17-4-2-3-15(20)9-17/h2-6,9,16,19H,7-8,10-13H2,1H3/t16-,19+/m1/s1. The second-order valence-corrected chi connectivity index (χ2v) is 6.83. The van der Waals surface area contributed by atoms with Crippen LogP contribution in [0.3, 0.4) is 0 Å². The molecule has 2 saturated heterocycles. The lowest BCUT2D eigenvalue weighted by Crippen LogP contribution is -2.49. The summed E-state index contributed by atoms with van der Waals surface area (Å²) in [6.45, 7) is 6.90. The van der Waals surface area contributed by atoms with E-state index in [-0.39, 0.29) is 11.9 Å². The maximum Gasteiger partial charge on any atom is 0.126 e. The van der Waals surface area contributed by atoms with Crippen molar-refractivity contribution in [2.75, 3.05) is 26.2 Å². The fourth-order valence-electron chi connectivity index (χ4n) is 3.81. The van der Waals surface area contributed by atoms with Crippen LogP contribution in [-0.4, -0.2) is 48.1 Å². The number of furan rings is 1. The maximum atomic E-state index is 13.3. The van der Waals surface area contributed by atoms with Gasteiger partial charge in [0.15, 0.2) is 0 Å². The van der Waals surface area contributed by atoms with Crippen molar-refractivity contribution in [3.63, 3.8) is 0 Å². The first-order valence-corrected chi connectivity index (χ1v) is 8.59. The number of halogens is 1. The molecule has 2 aromatic rings. The van der Waals surface area contributed by atoms with Crippen LogP contribution in [0.25, 0.3) is 0 Å². The van der Waals surface area contributed by atoms with Crippen LogP contribution >= 0.6 is 0 Å². The van der Waals surface area contributed by atoms with Gasteiger partial charge >= 0.3 is 0 Å². The van der Waals surface area contributed by atoms with Gasteiger partial charge in [-0.15, -0.1) is 0 Å². The second-order valence-electron chi connectivity index (χ2n) is 6.83. The third kappa shape index (κ3) is 3.47. The highest BCUT2D eigenvalue weighted by molar-refractivity contribution is 5.23. The Morgan fingerprint density at radius 2 is 2.12 bits per heavy atom. The highest BCUT2D eigenvalue weighted by atomic mass is 19.1. The highest BCUT2D eigenvalue weighted by Gasteiger charge is 2.37. The fourth-order valence-corrected chi connectivity index (χ4v) is 3.81. The number of ether oxygens (including phenoxy) is 1. The predicted octanol–water partition coefficient (Wildman–Crippen LogP) is 3.06. The molecular formula is C19H23FN2O2. The van der Waals surface area contributed by atoms with Crippen molar-refractivity contribution >= 4 is 0 Å². The molecule has 4 rings (SSSR count). The van der Waals surface area contributed by atoms with Crippen molar-refractivity contribution in [3.8, 4) is 5.75 Å². The van der Waals surface area contributed by atoms with Gasteiger partial charge in [0.25, 0.3) is 0 Å². The van der Waals surface area contributed by atoms with Gasteiger partial charge in [0, 0.05) is 44.7 Å². The summed E-state index contributed by atoms with van der Waals surface area (Å²) < 4.78 is 25.0. The van der Waals surface area contributed by atoms with E-state index in [0.29, 0.717) is 11.8 Å². The van der Waals surface area contributed by atoms with Crippen LogP contribution in [0.15, 0.2) is 40.8 Å². The van der Waals surface area contributed by atoms with Crippen LogP contribution in [0, 0.1) is 12.7 Å². The molecule has 0 spiro atoms. The van der Waals surface area contributed by atoms with Crippen LogP contribution in [0.4, 0.5) is 4.39 Å². The van der Waals surface area contributed by atoms with Crippen LogP contribution in [-0.2, 0) is 6.54 Å². The minimum absolute atomic E-state index is 0.141. The van der Waals surface area contributed by atoms with Gasteiger partial charge in [-0.25, -0.2) is 4.39 Å². The molecule has 0 radical (unpaired) electrons. The molecule has 0 saturated carbocycles. The zero-order chi connectivity index (χ0) is 16.5. The Morgan fingerprint density at radius 3 is 2.92 bits per heavy atom. The molecule has 0 bridgehead atoms. The lowest BCUT2D eigenvalue weighted by atomic mass is 10.1. The zero-order valence-corrected chi connectivity index (χ0v) is 14.0. The Balaban J connectivity index is 1.33. The number of piperazine rings is 1. The summed E-state index contributed by atoms with van der Waals surface area (Å²) in [6, 6.07) is 11.0. The van der Waals surface area contributed by atoms with E-state index < -0.39 is 0 Å². The normalized spacial score (nSPS) is 24.9. The monoisotopic (exact) mass is 330 g/mol. The van der Waals surface area contributed by atoms with E-state index in [4.69, 9.17) is 9.15 Å². The number of hydrogen-bond acceptors (Lipinski definition) is 4. The first kappa shape index (κ1) is 15.7. The lowest BCUT2D eigenvalue weighted by Gasteiger charge is -2.36. The largest absolute Gasteiger partial charge is 0.489 e. The Hall–Kier alpha value is -1.85. The average molecular weight is 330 g/mol. The highest BCUT2D eigenvalue weighted by Crippen LogP contribution is 2.27. The number of fused-ring (bicyclic) bond motifs is 1. The number of rotatable bonds is 4. The van der Waals surface area contributed by atoms with Crippen LogP contribution < -0.4 is 4.74 Å². The molecule has 2 fully saturated rings. The number of nitrogens with zero attached hydrogens (tertiary/aromatic N) is 2. The van der Waals surface area contributed by atoms with Gasteiger partial charge in [-0.05, 0) is 31.2 Å². The first-order valence-electron chi connectivity index (χ1n) is 8.59. The van der Waals surface area contributed by atoms with E-state index in [2.05, 4.69) is 15.9 Å². The zero-order valence-electron chi connectivity index (χ0n) is 14.0. The van der Waals surface area contributed by atoms with Crippen LogP contribution in [0.2, 0.25) is 0 Å². The Bertz CT molecular complexity index is 702. The van der Waals surface area contributed by atoms with Crippen molar-refractivity contribution < 1.29 is 13.5 Å². The summed E-state index contributed by atoms with van der Waals surface area (Å²) in [5, 5.41) is 0. The number of aryl methyl sites for hydroxylation is 1. The molecule has 4 nitrogen and oxygen atoms in total. The van der Waals surface area contributed by atoms with Gasteiger partial charge in [-0.1, -0.05) is 6.07 Å². The van der Waals surface area contributed by atoms with E-state index in [9.17, 15) is 4.39 Å². The second kappa shape index (κ2) is 6.57. The van der Waals surface area contributed by atoms with Crippen molar-refractivity contribution in [2.45, 2.75) is 32.0 Å². The molecule has 2 atom stereocenters. The van der Waals surface area contributed by atoms with Gasteiger partial charge in [0.1, 0.15) is 29.2 Å². The SMILES string of the molecule is Cc1ccc(CN2CCN3C[C@@H](Oc4cccc(F)c4)C[C@@H]3C2)o1. The molecule has 3 heterocycles. The van der Waals surface area contributed by atoms with Crippen LogP contribution in [0.5, 0.6) is 5.75 Å². The van der Waals surface area contributed by atoms with Gasteiger partial charge in [0.2, 0.25) is 0 Å². The third-order valence-corrected chi connectivity index (χ3v) is 4.94. The minimum Gasteiger partial charge on any atom is -0.489 e. The molecule has 0 amide bonds. The first-order chi connectivity index (χ1) is 11.7. The molecule has 2 aliphatic heterocycles. The molecular weight excluding hydrogens is 307 g/mol. The molecule has 0 N–H and O–H groups in total. The Morgan fingerprint density at radius 1 is 1.21 bits per heavy atom. The molecule has 1 aromatic heterocycles. The van der Waals surface area contributed by atoms with Gasteiger partial charge in [-0.2, -0.15) is 0 Å². The van der Waals surface area contributed by atoms with E-state index in [1.54, 1.807) is 6.07 Å². The molecule has 0 aliphatic carbocycles. The number of benzene rings is 1. The summed E-state index contributed by atoms with van der Waals surface area (Å²) >= 11 is 0. The van der Waals surface area contributed by atoms with Crippen LogP contribution in [0.1, 0.15) is 17.9 Å². The van der Waals surface area contributed by atoms with Gasteiger partial charge < -0.3 is 9.15 Å². The molecule has 5 heteroatoms. The maximum absolute atomic E-state index is 13.3. The van der Waals surface area contributed by atoms with E-state index in [1.807, 2.05) is 19.1 Å². The van der Waals surface area contributed by atoms with Crippen molar-refractivity contribution in [1.29, 1.82) is 0 Å². The number of hydrogen-bond donors (Lipinski definition) is 0. The van der Waals surface area contributed by atoms with Crippen molar-refractivity contribution in [3.05, 3.63) is 53.7 Å². The topological polar surface area (TPSA) is 28.9 Å². The fraction of sp³-hybridized carbons (Fsp3) is 0.474. The molecule has 0 unspecified atom stereocenters. The van der Waals surface area contributed by atoms with Gasteiger partial charge in [-0.3, -0.25) is 9.80 Å². The predicted molar refractivity (Wildman–Crippen MR) is 89.5 cm³/mol. The molecule has 2 aliphatic rings. The van der Waals surface area contributed by atoms with E-state index >= 15 is 0 Å². The molecule has 128 valence electrons. The molecule has 24 heavy (non-hydrogen) atoms. The minimum atomic E-state index is -0.247. The summed E-state index contributed by atoms with van der Waals surface area (Å²) in [5.74, 6) is 2.38. The summed E-state index contributed by atoms with van der Waals surface area (Å²) in [4.78, 5) is 4.94. The van der Waals surface area contributed by atoms with Gasteiger partial charge in [0.05, 0.1) is 6.54 Å². The Kier molecular flexibility index (Phi) is 4.29. The van der Waals surface area contributed by atoms with E-state index in [0.717, 1.165) is 50.7 Å². The lowest BCUT2D eigenvalue weighted by molar-refractivity contribution is 0.0925. The van der Waals surface area contributed by atoms with E-state index in [1.165, 1.54) is 12.1 Å². The third-order valence-electron chi connectivity index (χ3n) is 4.94. The van der Waals surface area contributed by atoms with Crippen molar-refractivity contribution in [1.82, 2.24) is 9.80 Å². The van der Waals surface area contributed by atoms with Crippen molar-refractivity contribution in [2.24, 2.45) is 0 Å².